The molecule has 0 unspecified atom stereocenters. The van der Waals surface area contributed by atoms with Crippen molar-refractivity contribution in [3.63, 3.8) is 0 Å². The van der Waals surface area contributed by atoms with Gasteiger partial charge in [0.05, 0.1) is 11.1 Å². The van der Waals surface area contributed by atoms with E-state index >= 15 is 0 Å². The van der Waals surface area contributed by atoms with E-state index in [4.69, 9.17) is 0 Å². The molecule has 0 radical (unpaired) electrons. The predicted octanol–water partition coefficient (Wildman–Crippen LogP) is 5.10. The summed E-state index contributed by atoms with van der Waals surface area (Å²) in [4.78, 5) is 22.9. The summed E-state index contributed by atoms with van der Waals surface area (Å²) in [5, 5.41) is 11.3. The van der Waals surface area contributed by atoms with Crippen LogP contribution in [0.2, 0.25) is 0 Å². The highest BCUT2D eigenvalue weighted by molar-refractivity contribution is 7.98. The van der Waals surface area contributed by atoms with Crippen molar-refractivity contribution < 1.29 is 9.18 Å². The molecule has 1 aromatic carbocycles. The number of carbonyl (C=O) groups excluding carboxylic acids is 1. The highest BCUT2D eigenvalue weighted by atomic mass is 32.2. The molecule has 3 aromatic rings. The van der Waals surface area contributed by atoms with Crippen molar-refractivity contribution in [2.45, 2.75) is 30.2 Å². The number of carbonyl (C=O) groups is 1. The summed E-state index contributed by atoms with van der Waals surface area (Å²) in [5.41, 5.74) is 4.71. The third-order valence-corrected chi connectivity index (χ3v) is 6.71. The van der Waals surface area contributed by atoms with Crippen LogP contribution in [0.25, 0.3) is 16.5 Å². The molecular weight excluding hydrogens is 411 g/mol. The van der Waals surface area contributed by atoms with E-state index in [0.717, 1.165) is 40.6 Å². The maximum absolute atomic E-state index is 13.5. The molecule has 0 bridgehead atoms. The van der Waals surface area contributed by atoms with Crippen molar-refractivity contribution in [1.82, 2.24) is 14.9 Å². The quantitative estimate of drug-likeness (QED) is 0.582. The molecule has 2 aliphatic rings. The minimum atomic E-state index is -0.267. The number of thioether (sulfide) groups is 1. The van der Waals surface area contributed by atoms with Crippen molar-refractivity contribution in [3.05, 3.63) is 64.7 Å². The summed E-state index contributed by atoms with van der Waals surface area (Å²) < 4.78 is 13.5. The molecular formula is C24H21FN4OS. The van der Waals surface area contributed by atoms with Gasteiger partial charge in [0.1, 0.15) is 16.9 Å². The number of amides is 1. The maximum Gasteiger partial charge on any atom is 0.255 e. The van der Waals surface area contributed by atoms with Gasteiger partial charge in [0, 0.05) is 47.4 Å². The van der Waals surface area contributed by atoms with Gasteiger partial charge in [-0.2, -0.15) is 5.26 Å². The van der Waals surface area contributed by atoms with E-state index in [0.29, 0.717) is 41.6 Å². The Balaban J connectivity index is 1.43. The fraction of sp³-hybridized carbons (Fsp3) is 0.292. The van der Waals surface area contributed by atoms with Crippen LogP contribution in [0.5, 0.6) is 0 Å². The number of nitriles is 1. The van der Waals surface area contributed by atoms with Crippen LogP contribution < -0.4 is 0 Å². The van der Waals surface area contributed by atoms with E-state index in [1.54, 1.807) is 11.0 Å². The van der Waals surface area contributed by atoms with E-state index in [1.807, 2.05) is 18.5 Å². The van der Waals surface area contributed by atoms with Gasteiger partial charge in [0.2, 0.25) is 0 Å². The number of aromatic amines is 1. The second kappa shape index (κ2) is 7.86. The molecule has 1 saturated carbocycles. The van der Waals surface area contributed by atoms with Gasteiger partial charge < -0.3 is 9.88 Å². The number of halogens is 1. The number of hydrogen-bond donors (Lipinski definition) is 1. The Morgan fingerprint density at radius 3 is 2.87 bits per heavy atom. The third-order valence-electron chi connectivity index (χ3n) is 6.02. The Morgan fingerprint density at radius 1 is 1.35 bits per heavy atom. The molecule has 1 aliphatic carbocycles. The first-order valence-electron chi connectivity index (χ1n) is 10.3. The molecule has 1 amide bonds. The molecule has 1 fully saturated rings. The first-order valence-corrected chi connectivity index (χ1v) is 11.6. The molecule has 31 heavy (non-hydrogen) atoms. The van der Waals surface area contributed by atoms with E-state index in [2.05, 4.69) is 22.1 Å². The zero-order valence-corrected chi connectivity index (χ0v) is 17.9. The lowest BCUT2D eigenvalue weighted by atomic mass is 9.98. The Kier molecular flexibility index (Phi) is 5.03. The Bertz CT molecular complexity index is 1270. The molecule has 156 valence electrons. The van der Waals surface area contributed by atoms with Gasteiger partial charge >= 0.3 is 0 Å². The first-order chi connectivity index (χ1) is 15.1. The fourth-order valence-corrected chi connectivity index (χ4v) is 4.74. The first kappa shape index (κ1) is 19.8. The van der Waals surface area contributed by atoms with Crippen LogP contribution in [0.15, 0.2) is 41.6 Å². The standard InChI is InChI=1S/C24H21FN4OS/c1-31-23-19(12-26)18(11-21(28-23)15-2-3-15)24(30)29-8-6-14(7-9-29)20-13-27-22-10-16(25)4-5-17(20)22/h4-6,10-11,13,15,27H,2-3,7-9H2,1H3. The molecule has 0 saturated heterocycles. The summed E-state index contributed by atoms with van der Waals surface area (Å²) in [6.45, 7) is 1.04. The largest absolute Gasteiger partial charge is 0.360 e. The molecule has 1 aliphatic heterocycles. The summed E-state index contributed by atoms with van der Waals surface area (Å²) >= 11 is 1.41. The zero-order valence-electron chi connectivity index (χ0n) is 17.1. The topological polar surface area (TPSA) is 72.8 Å². The second-order valence-electron chi connectivity index (χ2n) is 7.99. The summed E-state index contributed by atoms with van der Waals surface area (Å²) in [7, 11) is 0. The Labute approximate surface area is 184 Å². The minimum absolute atomic E-state index is 0.118. The van der Waals surface area contributed by atoms with Gasteiger partial charge in [0.25, 0.3) is 5.91 Å². The number of fused-ring (bicyclic) bond motifs is 1. The summed E-state index contributed by atoms with van der Waals surface area (Å²) in [6, 6.07) is 8.76. The van der Waals surface area contributed by atoms with Gasteiger partial charge in [-0.25, -0.2) is 9.37 Å². The lowest BCUT2D eigenvalue weighted by molar-refractivity contribution is 0.0772. The fourth-order valence-electron chi connectivity index (χ4n) is 4.19. The molecule has 1 N–H and O–H groups in total. The Morgan fingerprint density at radius 2 is 2.19 bits per heavy atom. The van der Waals surface area contributed by atoms with Crippen molar-refractivity contribution >= 4 is 34.1 Å². The van der Waals surface area contributed by atoms with Crippen molar-refractivity contribution in [1.29, 1.82) is 5.26 Å². The summed E-state index contributed by atoms with van der Waals surface area (Å²) in [5.74, 6) is 0.0216. The second-order valence-corrected chi connectivity index (χ2v) is 8.78. The van der Waals surface area contributed by atoms with Crippen molar-refractivity contribution in [2.75, 3.05) is 19.3 Å². The SMILES string of the molecule is CSc1nc(C2CC2)cc(C(=O)N2CC=C(c3c[nH]c4cc(F)ccc34)CC2)c1C#N. The van der Waals surface area contributed by atoms with Crippen LogP contribution in [0.3, 0.4) is 0 Å². The lowest BCUT2D eigenvalue weighted by Crippen LogP contribution is -2.35. The smallest absolute Gasteiger partial charge is 0.255 e. The molecule has 7 heteroatoms. The van der Waals surface area contributed by atoms with Crippen LogP contribution in [0.4, 0.5) is 4.39 Å². The summed E-state index contributed by atoms with van der Waals surface area (Å²) in [6.07, 6.45) is 8.72. The molecule has 0 atom stereocenters. The van der Waals surface area contributed by atoms with E-state index in [1.165, 1.54) is 23.9 Å². The van der Waals surface area contributed by atoms with Gasteiger partial charge in [-0.3, -0.25) is 4.79 Å². The van der Waals surface area contributed by atoms with E-state index in [9.17, 15) is 14.4 Å². The van der Waals surface area contributed by atoms with E-state index in [-0.39, 0.29) is 11.7 Å². The van der Waals surface area contributed by atoms with Crippen LogP contribution >= 0.6 is 11.8 Å². The minimum Gasteiger partial charge on any atom is -0.360 e. The number of benzene rings is 1. The maximum atomic E-state index is 13.5. The van der Waals surface area contributed by atoms with Gasteiger partial charge in [-0.15, -0.1) is 11.8 Å². The molecule has 3 heterocycles. The van der Waals surface area contributed by atoms with Crippen LogP contribution in [-0.2, 0) is 0 Å². The number of hydrogen-bond acceptors (Lipinski definition) is 4. The molecule has 2 aromatic heterocycles. The highest BCUT2D eigenvalue weighted by Crippen LogP contribution is 2.41. The average Bonchev–Trinajstić information content (AvgIpc) is 3.57. The normalized spacial score (nSPS) is 16.3. The number of nitrogens with one attached hydrogen (secondary N) is 1. The van der Waals surface area contributed by atoms with E-state index < -0.39 is 0 Å². The Hall–Kier alpha value is -3.11. The number of H-pyrrole nitrogens is 1. The van der Waals surface area contributed by atoms with Crippen LogP contribution in [0, 0.1) is 17.1 Å². The highest BCUT2D eigenvalue weighted by Gasteiger charge is 2.30. The number of aromatic nitrogens is 2. The number of rotatable bonds is 4. The monoisotopic (exact) mass is 432 g/mol. The van der Waals surface area contributed by atoms with Crippen molar-refractivity contribution in [3.8, 4) is 6.07 Å². The number of nitrogens with zero attached hydrogens (tertiary/aromatic N) is 3. The van der Waals surface area contributed by atoms with Crippen LogP contribution in [0.1, 0.15) is 52.4 Å². The van der Waals surface area contributed by atoms with Crippen LogP contribution in [-0.4, -0.2) is 40.1 Å². The molecule has 5 nitrogen and oxygen atoms in total. The van der Waals surface area contributed by atoms with Gasteiger partial charge in [-0.1, -0.05) is 6.08 Å². The average molecular weight is 433 g/mol. The van der Waals surface area contributed by atoms with Crippen molar-refractivity contribution in [2.24, 2.45) is 0 Å². The van der Waals surface area contributed by atoms with Gasteiger partial charge in [-0.05, 0) is 55.4 Å². The zero-order chi connectivity index (χ0) is 21.5. The number of pyridine rings is 1. The lowest BCUT2D eigenvalue weighted by Gasteiger charge is -2.27. The molecule has 5 rings (SSSR count). The predicted molar refractivity (Wildman–Crippen MR) is 119 cm³/mol. The third kappa shape index (κ3) is 3.61. The molecule has 0 spiro atoms. The van der Waals surface area contributed by atoms with Gasteiger partial charge in [0.15, 0.2) is 0 Å².